The van der Waals surface area contributed by atoms with Crippen molar-refractivity contribution in [2.24, 2.45) is 0 Å². The van der Waals surface area contributed by atoms with Gasteiger partial charge in [0.05, 0.1) is 11.9 Å². The summed E-state index contributed by atoms with van der Waals surface area (Å²) in [5, 5.41) is 14.5. The summed E-state index contributed by atoms with van der Waals surface area (Å²) in [6.45, 7) is 2.13. The lowest BCUT2D eigenvalue weighted by Gasteiger charge is -2.17. The van der Waals surface area contributed by atoms with E-state index in [9.17, 15) is 4.79 Å². The summed E-state index contributed by atoms with van der Waals surface area (Å²) >= 11 is 0. The van der Waals surface area contributed by atoms with Crippen molar-refractivity contribution in [3.05, 3.63) is 66.4 Å². The van der Waals surface area contributed by atoms with E-state index >= 15 is 0 Å². The van der Waals surface area contributed by atoms with E-state index in [1.807, 2.05) is 73.6 Å². The van der Waals surface area contributed by atoms with Crippen molar-refractivity contribution in [1.29, 1.82) is 0 Å². The average Bonchev–Trinajstić information content (AvgIpc) is 3.30. The fraction of sp³-hybridized carbons (Fsp3) is 0.261. The number of hydrogen-bond acceptors (Lipinski definition) is 6. The largest absolute Gasteiger partial charge is 0.378 e. The van der Waals surface area contributed by atoms with Crippen LogP contribution in [0, 0.1) is 0 Å². The number of nitrogens with one attached hydrogen (secondary N) is 2. The van der Waals surface area contributed by atoms with Gasteiger partial charge in [0, 0.05) is 55.9 Å². The van der Waals surface area contributed by atoms with Crippen molar-refractivity contribution in [1.82, 2.24) is 10.2 Å². The molecule has 1 aliphatic rings. The second-order valence-electron chi connectivity index (χ2n) is 7.59. The standard InChI is InChI=1S/C23H26N6O/c1-28(2)20-7-5-6-17(14-20)23(30)26-19-10-8-18(9-11-19)25-22-15-21(16-24-27-22)29-12-3-4-13-29/h5-11,14-16H,3-4,12-13H2,1-2H3,(H,25,27)(H,26,30). The Bertz CT molecular complexity index is 1010. The molecule has 0 unspecified atom stereocenters. The van der Waals surface area contributed by atoms with Crippen LogP contribution in [-0.4, -0.2) is 43.3 Å². The van der Waals surface area contributed by atoms with E-state index in [0.717, 1.165) is 35.8 Å². The van der Waals surface area contributed by atoms with E-state index in [0.29, 0.717) is 11.4 Å². The van der Waals surface area contributed by atoms with Gasteiger partial charge in [-0.05, 0) is 55.3 Å². The molecule has 1 fully saturated rings. The molecule has 0 atom stereocenters. The summed E-state index contributed by atoms with van der Waals surface area (Å²) in [5.41, 5.74) is 4.32. The first-order chi connectivity index (χ1) is 14.6. The van der Waals surface area contributed by atoms with Crippen LogP contribution in [0.2, 0.25) is 0 Å². The van der Waals surface area contributed by atoms with Crippen LogP contribution in [0.3, 0.4) is 0 Å². The molecule has 0 bridgehead atoms. The topological polar surface area (TPSA) is 73.4 Å². The molecule has 1 aromatic heterocycles. The number of carbonyl (C=O) groups is 1. The van der Waals surface area contributed by atoms with E-state index in [1.165, 1.54) is 12.8 Å². The molecule has 2 heterocycles. The maximum atomic E-state index is 12.6. The summed E-state index contributed by atoms with van der Waals surface area (Å²) in [5.74, 6) is 0.570. The van der Waals surface area contributed by atoms with Crippen molar-refractivity contribution in [3.8, 4) is 0 Å². The van der Waals surface area contributed by atoms with Crippen LogP contribution in [0.5, 0.6) is 0 Å². The van der Waals surface area contributed by atoms with E-state index < -0.39 is 0 Å². The van der Waals surface area contributed by atoms with Gasteiger partial charge in [0.1, 0.15) is 0 Å². The van der Waals surface area contributed by atoms with Crippen molar-refractivity contribution in [2.45, 2.75) is 12.8 Å². The molecule has 0 saturated carbocycles. The second-order valence-corrected chi connectivity index (χ2v) is 7.59. The second kappa shape index (κ2) is 8.82. The molecule has 154 valence electrons. The Kier molecular flexibility index (Phi) is 5.79. The van der Waals surface area contributed by atoms with Crippen molar-refractivity contribution in [2.75, 3.05) is 47.6 Å². The third-order valence-electron chi connectivity index (χ3n) is 5.15. The number of carbonyl (C=O) groups excluding carboxylic acids is 1. The molecule has 0 radical (unpaired) electrons. The van der Waals surface area contributed by atoms with Crippen molar-refractivity contribution >= 4 is 34.5 Å². The molecule has 4 rings (SSSR count). The first kappa shape index (κ1) is 19.7. The smallest absolute Gasteiger partial charge is 0.255 e. The van der Waals surface area contributed by atoms with E-state index in [2.05, 4.69) is 25.7 Å². The average molecular weight is 403 g/mol. The number of hydrogen-bond donors (Lipinski definition) is 2. The summed E-state index contributed by atoms with van der Waals surface area (Å²) in [6, 6.07) is 17.1. The maximum absolute atomic E-state index is 12.6. The van der Waals surface area contributed by atoms with E-state index in [4.69, 9.17) is 0 Å². The highest BCUT2D eigenvalue weighted by Crippen LogP contribution is 2.24. The highest BCUT2D eigenvalue weighted by molar-refractivity contribution is 6.04. The highest BCUT2D eigenvalue weighted by atomic mass is 16.1. The number of rotatable bonds is 6. The molecule has 30 heavy (non-hydrogen) atoms. The number of benzene rings is 2. The molecule has 1 aliphatic heterocycles. The Morgan fingerprint density at radius 1 is 1.00 bits per heavy atom. The van der Waals surface area contributed by atoms with E-state index in [1.54, 1.807) is 6.20 Å². The molecule has 2 aromatic carbocycles. The maximum Gasteiger partial charge on any atom is 0.255 e. The number of nitrogens with zero attached hydrogens (tertiary/aromatic N) is 4. The molecular formula is C23H26N6O. The van der Waals surface area contributed by atoms with Crippen LogP contribution < -0.4 is 20.4 Å². The molecule has 7 nitrogen and oxygen atoms in total. The Balaban J connectivity index is 1.40. The Morgan fingerprint density at radius 2 is 1.73 bits per heavy atom. The first-order valence-corrected chi connectivity index (χ1v) is 10.1. The number of anilines is 5. The van der Waals surface area contributed by atoms with Gasteiger partial charge in [-0.25, -0.2) is 0 Å². The monoisotopic (exact) mass is 402 g/mol. The molecule has 0 spiro atoms. The van der Waals surface area contributed by atoms with Gasteiger partial charge in [-0.2, -0.15) is 5.10 Å². The lowest BCUT2D eigenvalue weighted by Crippen LogP contribution is -2.18. The summed E-state index contributed by atoms with van der Waals surface area (Å²) < 4.78 is 0. The Morgan fingerprint density at radius 3 is 2.47 bits per heavy atom. The fourth-order valence-corrected chi connectivity index (χ4v) is 3.48. The number of amides is 1. The van der Waals surface area contributed by atoms with Gasteiger partial charge in [-0.1, -0.05) is 6.07 Å². The van der Waals surface area contributed by atoms with Crippen molar-refractivity contribution in [3.63, 3.8) is 0 Å². The summed E-state index contributed by atoms with van der Waals surface area (Å²) in [6.07, 6.45) is 4.25. The zero-order valence-corrected chi connectivity index (χ0v) is 17.3. The third kappa shape index (κ3) is 4.68. The normalized spacial score (nSPS) is 13.2. The Labute approximate surface area is 176 Å². The lowest BCUT2D eigenvalue weighted by molar-refractivity contribution is 0.102. The van der Waals surface area contributed by atoms with Crippen molar-refractivity contribution < 1.29 is 4.79 Å². The van der Waals surface area contributed by atoms with Crippen LogP contribution >= 0.6 is 0 Å². The molecule has 3 aromatic rings. The first-order valence-electron chi connectivity index (χ1n) is 10.1. The van der Waals surface area contributed by atoms with Gasteiger partial charge < -0.3 is 20.4 Å². The molecule has 7 heteroatoms. The summed E-state index contributed by atoms with van der Waals surface area (Å²) in [4.78, 5) is 16.9. The van der Waals surface area contributed by atoms with Crippen LogP contribution in [0.15, 0.2) is 60.8 Å². The third-order valence-corrected chi connectivity index (χ3v) is 5.15. The van der Waals surface area contributed by atoms with Gasteiger partial charge in [-0.3, -0.25) is 4.79 Å². The minimum Gasteiger partial charge on any atom is -0.378 e. The van der Waals surface area contributed by atoms with Gasteiger partial charge in [0.2, 0.25) is 0 Å². The minimum absolute atomic E-state index is 0.136. The SMILES string of the molecule is CN(C)c1cccc(C(=O)Nc2ccc(Nc3cc(N4CCCC4)cnn3)cc2)c1. The molecule has 0 aliphatic carbocycles. The molecular weight excluding hydrogens is 376 g/mol. The zero-order valence-electron chi connectivity index (χ0n) is 17.3. The predicted molar refractivity (Wildman–Crippen MR) is 122 cm³/mol. The van der Waals surface area contributed by atoms with Crippen LogP contribution in [0.1, 0.15) is 23.2 Å². The number of aromatic nitrogens is 2. The van der Waals surface area contributed by atoms with Gasteiger partial charge >= 0.3 is 0 Å². The van der Waals surface area contributed by atoms with E-state index in [-0.39, 0.29) is 5.91 Å². The highest BCUT2D eigenvalue weighted by Gasteiger charge is 2.13. The lowest BCUT2D eigenvalue weighted by atomic mass is 10.1. The fourth-order valence-electron chi connectivity index (χ4n) is 3.48. The quantitative estimate of drug-likeness (QED) is 0.646. The molecule has 1 amide bonds. The van der Waals surface area contributed by atoms with Gasteiger partial charge in [0.15, 0.2) is 5.82 Å². The zero-order chi connectivity index (χ0) is 20.9. The predicted octanol–water partition coefficient (Wildman–Crippen LogP) is 4.14. The van der Waals surface area contributed by atoms with Crippen LogP contribution in [-0.2, 0) is 0 Å². The summed E-state index contributed by atoms with van der Waals surface area (Å²) in [7, 11) is 3.90. The van der Waals surface area contributed by atoms with Gasteiger partial charge in [-0.15, -0.1) is 5.10 Å². The Hall–Kier alpha value is -3.61. The van der Waals surface area contributed by atoms with Crippen LogP contribution in [0.4, 0.5) is 28.6 Å². The van der Waals surface area contributed by atoms with Gasteiger partial charge in [0.25, 0.3) is 5.91 Å². The molecule has 1 saturated heterocycles. The van der Waals surface area contributed by atoms with Crippen LogP contribution in [0.25, 0.3) is 0 Å². The molecule has 2 N–H and O–H groups in total. The minimum atomic E-state index is -0.136.